The van der Waals surface area contributed by atoms with Gasteiger partial charge in [-0.2, -0.15) is 0 Å². The molecule has 1 saturated carbocycles. The number of carboxylic acids is 1. The van der Waals surface area contributed by atoms with E-state index < -0.39 is 23.6 Å². The normalized spacial score (nSPS) is 21.5. The molecule has 0 aromatic heterocycles. The fourth-order valence-electron chi connectivity index (χ4n) is 2.41. The van der Waals surface area contributed by atoms with Gasteiger partial charge in [-0.3, -0.25) is 9.59 Å². The third-order valence-corrected chi connectivity index (χ3v) is 3.53. The number of carbonyl (C=O) groups excluding carboxylic acids is 1. The van der Waals surface area contributed by atoms with Crippen LogP contribution >= 0.6 is 0 Å². The maximum Gasteiger partial charge on any atom is 0.306 e. The summed E-state index contributed by atoms with van der Waals surface area (Å²) in [4.78, 5) is 22.8. The first-order valence-electron chi connectivity index (χ1n) is 6.38. The summed E-state index contributed by atoms with van der Waals surface area (Å²) in [6.07, 6.45) is 1.60. The van der Waals surface area contributed by atoms with Gasteiger partial charge in [0.15, 0.2) is 11.6 Å². The number of amides is 1. The lowest BCUT2D eigenvalue weighted by Gasteiger charge is -2.13. The van der Waals surface area contributed by atoms with Crippen LogP contribution in [-0.4, -0.2) is 30.1 Å². The summed E-state index contributed by atoms with van der Waals surface area (Å²) in [5.74, 6) is -2.17. The summed E-state index contributed by atoms with van der Waals surface area (Å²) in [6, 6.07) is 3.80. The molecule has 1 fully saturated rings. The number of halogens is 1. The number of benzene rings is 1. The molecular formula is C14H16FNO4. The van der Waals surface area contributed by atoms with Crippen LogP contribution in [0.15, 0.2) is 18.2 Å². The van der Waals surface area contributed by atoms with Gasteiger partial charge in [0.25, 0.3) is 5.91 Å². The number of aliphatic carboxylic acids is 1. The first kappa shape index (κ1) is 14.3. The van der Waals surface area contributed by atoms with E-state index >= 15 is 0 Å². The number of rotatable bonds is 4. The maximum atomic E-state index is 13.5. The standard InChI is InChI=1S/C14H16FNO4/c1-20-12-5-3-8(7-11(12)15)13(17)16-10-4-2-9(6-10)14(18)19/h3,5,7,9-10H,2,4,6H2,1H3,(H,16,17)(H,18,19)/t9-,10+/m0/s1. The Morgan fingerprint density at radius 3 is 2.70 bits per heavy atom. The average Bonchev–Trinajstić information content (AvgIpc) is 2.87. The number of carboxylic acid groups (broad SMARTS) is 1. The molecule has 0 unspecified atom stereocenters. The summed E-state index contributed by atoms with van der Waals surface area (Å²) in [7, 11) is 1.35. The highest BCUT2D eigenvalue weighted by Crippen LogP contribution is 2.26. The molecule has 0 spiro atoms. The van der Waals surface area contributed by atoms with Crippen LogP contribution in [0.25, 0.3) is 0 Å². The SMILES string of the molecule is COc1ccc(C(=O)N[C@@H]2CC[C@H](C(=O)O)C2)cc1F. The van der Waals surface area contributed by atoms with Crippen molar-refractivity contribution in [3.63, 3.8) is 0 Å². The molecule has 1 aliphatic carbocycles. The van der Waals surface area contributed by atoms with Gasteiger partial charge in [0.2, 0.25) is 0 Å². The highest BCUT2D eigenvalue weighted by atomic mass is 19.1. The van der Waals surface area contributed by atoms with Crippen LogP contribution in [0.3, 0.4) is 0 Å². The van der Waals surface area contributed by atoms with Gasteiger partial charge in [0.1, 0.15) is 0 Å². The van der Waals surface area contributed by atoms with E-state index in [1.54, 1.807) is 0 Å². The molecule has 1 amide bonds. The summed E-state index contributed by atoms with van der Waals surface area (Å²) in [6.45, 7) is 0. The van der Waals surface area contributed by atoms with E-state index in [4.69, 9.17) is 9.84 Å². The van der Waals surface area contributed by atoms with Gasteiger partial charge in [-0.05, 0) is 37.5 Å². The second-order valence-electron chi connectivity index (χ2n) is 4.87. The summed E-state index contributed by atoms with van der Waals surface area (Å²) in [5.41, 5.74) is 0.196. The third-order valence-electron chi connectivity index (χ3n) is 3.53. The summed E-state index contributed by atoms with van der Waals surface area (Å²) < 4.78 is 18.3. The van der Waals surface area contributed by atoms with Crippen LogP contribution in [-0.2, 0) is 4.79 Å². The number of nitrogens with one attached hydrogen (secondary N) is 1. The van der Waals surface area contributed by atoms with Crippen molar-refractivity contribution in [2.45, 2.75) is 25.3 Å². The number of methoxy groups -OCH3 is 1. The molecule has 20 heavy (non-hydrogen) atoms. The molecule has 1 aromatic rings. The van der Waals surface area contributed by atoms with Crippen LogP contribution in [0, 0.1) is 11.7 Å². The zero-order valence-electron chi connectivity index (χ0n) is 11.1. The van der Waals surface area contributed by atoms with E-state index in [1.165, 1.54) is 19.2 Å². The van der Waals surface area contributed by atoms with Crippen LogP contribution in [0.2, 0.25) is 0 Å². The topological polar surface area (TPSA) is 75.6 Å². The molecule has 5 nitrogen and oxygen atoms in total. The number of hydrogen-bond donors (Lipinski definition) is 2. The lowest BCUT2D eigenvalue weighted by atomic mass is 10.1. The van der Waals surface area contributed by atoms with E-state index in [0.29, 0.717) is 19.3 Å². The van der Waals surface area contributed by atoms with E-state index in [2.05, 4.69) is 5.32 Å². The van der Waals surface area contributed by atoms with E-state index in [0.717, 1.165) is 6.07 Å². The van der Waals surface area contributed by atoms with Gasteiger partial charge in [-0.15, -0.1) is 0 Å². The van der Waals surface area contributed by atoms with Gasteiger partial charge in [0.05, 0.1) is 13.0 Å². The van der Waals surface area contributed by atoms with Gasteiger partial charge < -0.3 is 15.2 Å². The number of hydrogen-bond acceptors (Lipinski definition) is 3. The molecule has 108 valence electrons. The van der Waals surface area contributed by atoms with Gasteiger partial charge in [-0.25, -0.2) is 4.39 Å². The van der Waals surface area contributed by atoms with Crippen LogP contribution < -0.4 is 10.1 Å². The van der Waals surface area contributed by atoms with Crippen LogP contribution in [0.4, 0.5) is 4.39 Å². The molecule has 2 N–H and O–H groups in total. The highest BCUT2D eigenvalue weighted by Gasteiger charge is 2.30. The Kier molecular flexibility index (Phi) is 4.22. The lowest BCUT2D eigenvalue weighted by molar-refractivity contribution is -0.141. The van der Waals surface area contributed by atoms with Crippen molar-refractivity contribution in [1.29, 1.82) is 0 Å². The summed E-state index contributed by atoms with van der Waals surface area (Å²) >= 11 is 0. The third kappa shape index (κ3) is 3.07. The van der Waals surface area contributed by atoms with Crippen molar-refractivity contribution in [2.24, 2.45) is 5.92 Å². The van der Waals surface area contributed by atoms with Crippen molar-refractivity contribution in [3.8, 4) is 5.75 Å². The van der Waals surface area contributed by atoms with Crippen LogP contribution in [0.5, 0.6) is 5.75 Å². The largest absolute Gasteiger partial charge is 0.494 e. The van der Waals surface area contributed by atoms with Crippen LogP contribution in [0.1, 0.15) is 29.6 Å². The molecule has 1 aromatic carbocycles. The molecular weight excluding hydrogens is 265 g/mol. The number of ether oxygens (including phenoxy) is 1. The molecule has 0 heterocycles. The Morgan fingerprint density at radius 1 is 1.40 bits per heavy atom. The van der Waals surface area contributed by atoms with Gasteiger partial charge in [0, 0.05) is 11.6 Å². The van der Waals surface area contributed by atoms with Crippen molar-refractivity contribution >= 4 is 11.9 Å². The van der Waals surface area contributed by atoms with Gasteiger partial charge >= 0.3 is 5.97 Å². The van der Waals surface area contributed by atoms with E-state index in [1.807, 2.05) is 0 Å². The summed E-state index contributed by atoms with van der Waals surface area (Å²) in [5, 5.41) is 11.6. The second kappa shape index (κ2) is 5.90. The fourth-order valence-corrected chi connectivity index (χ4v) is 2.41. The van der Waals surface area contributed by atoms with Gasteiger partial charge in [-0.1, -0.05) is 0 Å². The molecule has 6 heteroatoms. The highest BCUT2D eigenvalue weighted by molar-refractivity contribution is 5.94. The van der Waals surface area contributed by atoms with E-state index in [-0.39, 0.29) is 17.4 Å². The zero-order valence-corrected chi connectivity index (χ0v) is 11.1. The van der Waals surface area contributed by atoms with Crippen molar-refractivity contribution in [2.75, 3.05) is 7.11 Å². The minimum atomic E-state index is -0.836. The second-order valence-corrected chi connectivity index (χ2v) is 4.87. The first-order chi connectivity index (χ1) is 9.51. The Morgan fingerprint density at radius 2 is 2.15 bits per heavy atom. The lowest BCUT2D eigenvalue weighted by Crippen LogP contribution is -2.33. The molecule has 1 aliphatic rings. The Labute approximate surface area is 115 Å². The first-order valence-corrected chi connectivity index (χ1v) is 6.38. The molecule has 0 radical (unpaired) electrons. The molecule has 2 rings (SSSR count). The Hall–Kier alpha value is -2.11. The van der Waals surface area contributed by atoms with Crippen molar-refractivity contribution in [1.82, 2.24) is 5.32 Å². The Balaban J connectivity index is 1.99. The monoisotopic (exact) mass is 281 g/mol. The molecule has 2 atom stereocenters. The molecule has 0 aliphatic heterocycles. The predicted molar refractivity (Wildman–Crippen MR) is 69.2 cm³/mol. The van der Waals surface area contributed by atoms with Crippen molar-refractivity contribution in [3.05, 3.63) is 29.6 Å². The quantitative estimate of drug-likeness (QED) is 0.882. The Bertz CT molecular complexity index is 532. The minimum absolute atomic E-state index is 0.0772. The molecule has 0 saturated heterocycles. The molecule has 0 bridgehead atoms. The smallest absolute Gasteiger partial charge is 0.306 e. The predicted octanol–water partition coefficient (Wildman–Crippen LogP) is 1.82. The average molecular weight is 281 g/mol. The number of carbonyl (C=O) groups is 2. The van der Waals surface area contributed by atoms with E-state index in [9.17, 15) is 14.0 Å². The minimum Gasteiger partial charge on any atom is -0.494 e. The zero-order chi connectivity index (χ0) is 14.7. The fraction of sp³-hybridized carbons (Fsp3) is 0.429. The maximum absolute atomic E-state index is 13.5. The van der Waals surface area contributed by atoms with Crippen molar-refractivity contribution < 1.29 is 23.8 Å².